The molecule has 7 rings (SSSR count). The van der Waals surface area contributed by atoms with Gasteiger partial charge in [-0.15, -0.1) is 0 Å². The molecule has 0 radical (unpaired) electrons. The van der Waals surface area contributed by atoms with E-state index in [2.05, 4.69) is 20.3 Å². The lowest BCUT2D eigenvalue weighted by atomic mass is 10.0. The number of carbonyl (C=O) groups is 2. The molecule has 4 heterocycles. The summed E-state index contributed by atoms with van der Waals surface area (Å²) in [5.74, 6) is -0.139. The summed E-state index contributed by atoms with van der Waals surface area (Å²) < 4.78 is 26.8. The number of nitrogens with one attached hydrogen (secondary N) is 2. The van der Waals surface area contributed by atoms with Crippen LogP contribution in [0.1, 0.15) is 35.5 Å². The molecule has 1 unspecified atom stereocenters. The minimum absolute atomic E-state index is 0.109. The predicted octanol–water partition coefficient (Wildman–Crippen LogP) is 4.87. The number of anilines is 3. The number of rotatable bonds is 7. The van der Waals surface area contributed by atoms with Crippen LogP contribution in [0.25, 0.3) is 16.6 Å². The first kappa shape index (κ1) is 30.3. The normalized spacial score (nSPS) is 17.7. The maximum Gasteiger partial charge on any atom is 0.324 e. The van der Waals surface area contributed by atoms with Crippen LogP contribution in [-0.2, 0) is 4.74 Å². The highest BCUT2D eigenvalue weighted by Gasteiger charge is 2.46. The van der Waals surface area contributed by atoms with E-state index >= 15 is 0 Å². The lowest BCUT2D eigenvalue weighted by Gasteiger charge is -2.34. The van der Waals surface area contributed by atoms with Crippen molar-refractivity contribution in [3.63, 3.8) is 0 Å². The van der Waals surface area contributed by atoms with Crippen molar-refractivity contribution in [2.75, 3.05) is 41.8 Å². The summed E-state index contributed by atoms with van der Waals surface area (Å²) >= 11 is 0. The number of aliphatic hydroxyl groups is 1. The zero-order chi connectivity index (χ0) is 33.0. The third kappa shape index (κ3) is 5.32. The van der Waals surface area contributed by atoms with Crippen molar-refractivity contribution in [2.45, 2.75) is 32.5 Å². The topological polar surface area (TPSA) is 151 Å². The SMILES string of the molecule is Cc1cc(Oc2ccccc2F)ccc1-n1ncc(C(=O)c2cc3cc(N4CCOCC4)c(N4C(=O)NC(C)(C)C4O)cc3[nH]2)c1N. The third-order valence-corrected chi connectivity index (χ3v) is 8.62. The number of nitrogens with two attached hydrogens (primary N) is 1. The van der Waals surface area contributed by atoms with Crippen molar-refractivity contribution in [2.24, 2.45) is 0 Å². The number of amides is 2. The predicted molar refractivity (Wildman–Crippen MR) is 175 cm³/mol. The summed E-state index contributed by atoms with van der Waals surface area (Å²) in [6.45, 7) is 7.62. The molecule has 2 aliphatic rings. The maximum absolute atomic E-state index is 14.1. The summed E-state index contributed by atoms with van der Waals surface area (Å²) in [6, 6.07) is 16.3. The molecule has 0 aliphatic carbocycles. The molecule has 2 aromatic heterocycles. The van der Waals surface area contributed by atoms with Gasteiger partial charge in [-0.3, -0.25) is 9.69 Å². The van der Waals surface area contributed by atoms with Gasteiger partial charge in [-0.2, -0.15) is 5.10 Å². The number of carbonyl (C=O) groups excluding carboxylic acids is 2. The third-order valence-electron chi connectivity index (χ3n) is 8.62. The van der Waals surface area contributed by atoms with E-state index in [4.69, 9.17) is 15.2 Å². The molecule has 0 saturated carbocycles. The number of nitrogens with zero attached hydrogens (tertiary/aromatic N) is 4. The number of fused-ring (bicyclic) bond motifs is 1. The number of hydrogen-bond acceptors (Lipinski definition) is 8. The molecule has 12 nitrogen and oxygen atoms in total. The average molecular weight is 640 g/mol. The van der Waals surface area contributed by atoms with Gasteiger partial charge in [0.05, 0.1) is 53.3 Å². The number of aromatic amines is 1. The fraction of sp³-hybridized carbons (Fsp3) is 0.265. The van der Waals surface area contributed by atoms with Crippen LogP contribution < -0.4 is 25.6 Å². The van der Waals surface area contributed by atoms with Gasteiger partial charge in [0.15, 0.2) is 17.8 Å². The Labute approximate surface area is 269 Å². The summed E-state index contributed by atoms with van der Waals surface area (Å²) in [7, 11) is 0. The number of ketones is 1. The zero-order valence-electron chi connectivity index (χ0n) is 26.1. The largest absolute Gasteiger partial charge is 0.454 e. The Bertz CT molecular complexity index is 2030. The molecule has 2 aliphatic heterocycles. The first-order valence-corrected chi connectivity index (χ1v) is 15.2. The number of ether oxygens (including phenoxy) is 2. The highest BCUT2D eigenvalue weighted by Crippen LogP contribution is 2.39. The number of aryl methyl sites for hydroxylation is 1. The Morgan fingerprint density at radius 3 is 2.55 bits per heavy atom. The molecule has 2 amide bonds. The lowest BCUT2D eigenvalue weighted by Crippen LogP contribution is -2.45. The van der Waals surface area contributed by atoms with E-state index in [-0.39, 0.29) is 28.6 Å². The first-order valence-electron chi connectivity index (χ1n) is 15.2. The average Bonchev–Trinajstić information content (AvgIpc) is 3.70. The van der Waals surface area contributed by atoms with E-state index < -0.39 is 23.6 Å². The zero-order valence-corrected chi connectivity index (χ0v) is 26.1. The smallest absolute Gasteiger partial charge is 0.324 e. The molecule has 2 saturated heterocycles. The fourth-order valence-electron chi connectivity index (χ4n) is 6.06. The number of aromatic nitrogens is 3. The highest BCUT2D eigenvalue weighted by molar-refractivity contribution is 6.13. The van der Waals surface area contributed by atoms with Crippen LogP contribution in [-0.4, -0.2) is 69.8 Å². The van der Waals surface area contributed by atoms with E-state index in [1.807, 2.05) is 13.0 Å². The number of H-pyrrole nitrogens is 1. The van der Waals surface area contributed by atoms with Gasteiger partial charge in [-0.25, -0.2) is 13.9 Å². The maximum atomic E-state index is 14.1. The number of nitrogen functional groups attached to an aromatic ring is 1. The molecule has 5 N–H and O–H groups in total. The quantitative estimate of drug-likeness (QED) is 0.184. The Balaban J connectivity index is 1.21. The standard InChI is InChI=1S/C34H34FN7O5/c1-19-14-21(47-29-7-5-4-6-23(29)35)8-9-26(19)42-31(36)22(18-37-42)30(43)25-15-20-16-27(40-10-12-46-13-11-40)28(17-24(20)38-25)41-32(44)34(2,3)39-33(41)45/h4-9,14-18,32,38,44H,10-13,36H2,1-3H3,(H,39,45). The summed E-state index contributed by atoms with van der Waals surface area (Å²) in [5.41, 5.74) is 9.36. The van der Waals surface area contributed by atoms with Crippen LogP contribution in [0.4, 0.5) is 26.4 Å². The van der Waals surface area contributed by atoms with Crippen molar-refractivity contribution < 1.29 is 28.6 Å². The molecule has 2 fully saturated rings. The molecule has 0 bridgehead atoms. The molecular weight excluding hydrogens is 605 g/mol. The van der Waals surface area contributed by atoms with Gasteiger partial charge in [0.25, 0.3) is 0 Å². The number of hydrogen-bond donors (Lipinski definition) is 4. The number of urea groups is 1. The van der Waals surface area contributed by atoms with Gasteiger partial charge in [0, 0.05) is 24.0 Å². The van der Waals surface area contributed by atoms with E-state index in [0.29, 0.717) is 48.9 Å². The molecule has 0 spiro atoms. The van der Waals surface area contributed by atoms with E-state index in [1.165, 1.54) is 21.8 Å². The fourth-order valence-corrected chi connectivity index (χ4v) is 6.06. The van der Waals surface area contributed by atoms with Gasteiger partial charge in [-0.1, -0.05) is 12.1 Å². The van der Waals surface area contributed by atoms with E-state index in [1.54, 1.807) is 62.4 Å². The van der Waals surface area contributed by atoms with E-state index in [9.17, 15) is 19.1 Å². The molecule has 242 valence electrons. The van der Waals surface area contributed by atoms with Crippen molar-refractivity contribution >= 4 is 39.9 Å². The molecule has 13 heteroatoms. The number of halogens is 1. The Hall–Kier alpha value is -5.40. The van der Waals surface area contributed by atoms with E-state index in [0.717, 1.165) is 16.6 Å². The van der Waals surface area contributed by atoms with Gasteiger partial charge in [0.2, 0.25) is 5.78 Å². The van der Waals surface area contributed by atoms with Gasteiger partial charge in [0.1, 0.15) is 11.6 Å². The van der Waals surface area contributed by atoms with Gasteiger partial charge >= 0.3 is 6.03 Å². The van der Waals surface area contributed by atoms with Crippen LogP contribution in [0, 0.1) is 12.7 Å². The molecule has 5 aromatic rings. The summed E-state index contributed by atoms with van der Waals surface area (Å²) in [4.78, 5) is 33.5. The van der Waals surface area contributed by atoms with Crippen molar-refractivity contribution in [1.82, 2.24) is 20.1 Å². The lowest BCUT2D eigenvalue weighted by molar-refractivity contribution is 0.103. The minimum atomic E-state index is -1.11. The number of benzene rings is 3. The second-order valence-electron chi connectivity index (χ2n) is 12.3. The number of morpholine rings is 1. The van der Waals surface area contributed by atoms with Gasteiger partial charge < -0.3 is 35.5 Å². The van der Waals surface area contributed by atoms with Crippen LogP contribution >= 0.6 is 0 Å². The highest BCUT2D eigenvalue weighted by atomic mass is 19.1. The van der Waals surface area contributed by atoms with Crippen LogP contribution in [0.3, 0.4) is 0 Å². The summed E-state index contributed by atoms with van der Waals surface area (Å²) in [5, 5.41) is 19.1. The molecular formula is C34H34FN7O5. The Morgan fingerprint density at radius 1 is 1.09 bits per heavy atom. The Kier molecular flexibility index (Phi) is 7.37. The summed E-state index contributed by atoms with van der Waals surface area (Å²) in [6.07, 6.45) is 0.307. The number of aliphatic hydroxyl groups excluding tert-OH is 1. The van der Waals surface area contributed by atoms with Crippen LogP contribution in [0.15, 0.2) is 66.9 Å². The van der Waals surface area contributed by atoms with Crippen molar-refractivity contribution in [1.29, 1.82) is 0 Å². The molecule has 3 aromatic carbocycles. The second-order valence-corrected chi connectivity index (χ2v) is 12.3. The van der Waals surface area contributed by atoms with Gasteiger partial charge in [-0.05, 0) is 74.9 Å². The minimum Gasteiger partial charge on any atom is -0.454 e. The Morgan fingerprint density at radius 2 is 1.85 bits per heavy atom. The van der Waals surface area contributed by atoms with Crippen LogP contribution in [0.5, 0.6) is 11.5 Å². The monoisotopic (exact) mass is 639 g/mol. The first-order chi connectivity index (χ1) is 22.5. The number of para-hydroxylation sites is 1. The molecule has 47 heavy (non-hydrogen) atoms. The van der Waals surface area contributed by atoms with Crippen molar-refractivity contribution in [3.8, 4) is 17.2 Å². The van der Waals surface area contributed by atoms with Crippen LogP contribution in [0.2, 0.25) is 0 Å². The van der Waals surface area contributed by atoms with Crippen molar-refractivity contribution in [3.05, 3.63) is 89.5 Å². The second kappa shape index (κ2) is 11.4. The molecule has 1 atom stereocenters.